The molecule has 1 aliphatic carbocycles. The molecule has 1 aromatic carbocycles. The number of rotatable bonds is 7. The van der Waals surface area contributed by atoms with E-state index in [-0.39, 0.29) is 17.1 Å². The molecular weight excluding hydrogens is 426 g/mol. The van der Waals surface area contributed by atoms with Gasteiger partial charge in [0.1, 0.15) is 5.75 Å². The molecule has 2 amide bonds. The Morgan fingerprint density at radius 1 is 1.38 bits per heavy atom. The van der Waals surface area contributed by atoms with E-state index in [2.05, 4.69) is 15.2 Å². The molecule has 8 heteroatoms. The number of hydrogen-bond donors (Lipinski definition) is 1. The highest BCUT2D eigenvalue weighted by molar-refractivity contribution is 8.05. The molecule has 4 rings (SSSR count). The van der Waals surface area contributed by atoms with Crippen molar-refractivity contribution in [2.75, 3.05) is 46.5 Å². The molecule has 0 aromatic heterocycles. The molecule has 32 heavy (non-hydrogen) atoms. The third kappa shape index (κ3) is 5.76. The lowest BCUT2D eigenvalue weighted by atomic mass is 10.0. The number of aliphatic imine (C=N–C) groups is 1. The number of methoxy groups -OCH3 is 1. The van der Waals surface area contributed by atoms with E-state index in [0.29, 0.717) is 22.7 Å². The monoisotopic (exact) mass is 453 g/mol. The third-order valence-corrected chi connectivity index (χ3v) is 6.63. The first kappa shape index (κ1) is 22.5. The van der Waals surface area contributed by atoms with Crippen molar-refractivity contribution in [3.05, 3.63) is 58.5 Å². The molecule has 3 aliphatic rings. The highest BCUT2D eigenvalue weighted by atomic mass is 32.2. The van der Waals surface area contributed by atoms with Gasteiger partial charge >= 0.3 is 0 Å². The number of benzene rings is 1. The number of fused-ring (bicyclic) bond motifs is 1. The van der Waals surface area contributed by atoms with Crippen molar-refractivity contribution in [2.45, 2.75) is 11.7 Å². The quantitative estimate of drug-likeness (QED) is 0.505. The number of morpholine rings is 1. The summed E-state index contributed by atoms with van der Waals surface area (Å²) in [6.07, 6.45) is 8.17. The first-order valence-corrected chi connectivity index (χ1v) is 11.6. The van der Waals surface area contributed by atoms with Gasteiger partial charge in [0.05, 0.1) is 36.2 Å². The Morgan fingerprint density at radius 3 is 3.03 bits per heavy atom. The highest BCUT2D eigenvalue weighted by Crippen LogP contribution is 2.34. The van der Waals surface area contributed by atoms with Crippen LogP contribution < -0.4 is 10.1 Å². The minimum absolute atomic E-state index is 0.0811. The number of amides is 2. The zero-order chi connectivity index (χ0) is 22.3. The highest BCUT2D eigenvalue weighted by Gasteiger charge is 2.28. The van der Waals surface area contributed by atoms with Gasteiger partial charge in [-0.15, -0.1) is 11.8 Å². The summed E-state index contributed by atoms with van der Waals surface area (Å²) in [6, 6.07) is 7.53. The maximum Gasteiger partial charge on any atom is 0.283 e. The van der Waals surface area contributed by atoms with Gasteiger partial charge in [0.2, 0.25) is 0 Å². The zero-order valence-electron chi connectivity index (χ0n) is 18.1. The van der Waals surface area contributed by atoms with Gasteiger partial charge in [-0.2, -0.15) is 0 Å². The molecule has 0 bridgehead atoms. The molecule has 0 spiro atoms. The second kappa shape index (κ2) is 10.8. The van der Waals surface area contributed by atoms with Gasteiger partial charge in [-0.3, -0.25) is 14.5 Å². The fourth-order valence-electron chi connectivity index (χ4n) is 3.69. The topological polar surface area (TPSA) is 80.2 Å². The van der Waals surface area contributed by atoms with Crippen LogP contribution in [0.4, 0.5) is 0 Å². The summed E-state index contributed by atoms with van der Waals surface area (Å²) in [5, 5.41) is 2.88. The molecule has 168 valence electrons. The second-order valence-corrected chi connectivity index (χ2v) is 8.87. The molecular formula is C24H27N3O4S. The number of nitrogens with one attached hydrogen (secondary N) is 1. The lowest BCUT2D eigenvalue weighted by Crippen LogP contribution is -2.38. The number of hydrogen-bond acceptors (Lipinski definition) is 6. The van der Waals surface area contributed by atoms with Crippen LogP contribution in [0.25, 0.3) is 6.08 Å². The summed E-state index contributed by atoms with van der Waals surface area (Å²) in [5.41, 5.74) is 2.02. The van der Waals surface area contributed by atoms with Gasteiger partial charge in [0.15, 0.2) is 0 Å². The van der Waals surface area contributed by atoms with Crippen LogP contribution in [0.5, 0.6) is 5.75 Å². The fraction of sp³-hybridized carbons (Fsp3) is 0.375. The minimum Gasteiger partial charge on any atom is -0.497 e. The maximum atomic E-state index is 12.6. The van der Waals surface area contributed by atoms with Crippen molar-refractivity contribution < 1.29 is 19.1 Å². The van der Waals surface area contributed by atoms with Crippen LogP contribution in [0.2, 0.25) is 0 Å². The number of carbonyl (C=O) groups excluding carboxylic acids is 2. The fourth-order valence-corrected chi connectivity index (χ4v) is 4.71. The third-order valence-electron chi connectivity index (χ3n) is 5.43. The van der Waals surface area contributed by atoms with Crippen LogP contribution in [-0.2, 0) is 14.3 Å². The first-order valence-electron chi connectivity index (χ1n) is 10.8. The van der Waals surface area contributed by atoms with Crippen LogP contribution in [0, 0.1) is 0 Å². The van der Waals surface area contributed by atoms with Gasteiger partial charge in [0, 0.05) is 25.2 Å². The largest absolute Gasteiger partial charge is 0.497 e. The Bertz CT molecular complexity index is 993. The Kier molecular flexibility index (Phi) is 7.57. The van der Waals surface area contributed by atoms with E-state index < -0.39 is 0 Å². The second-order valence-electron chi connectivity index (χ2n) is 7.69. The van der Waals surface area contributed by atoms with Crippen LogP contribution in [0.3, 0.4) is 0 Å². The molecule has 2 heterocycles. The molecule has 7 nitrogen and oxygen atoms in total. The Morgan fingerprint density at radius 2 is 2.22 bits per heavy atom. The van der Waals surface area contributed by atoms with Crippen molar-refractivity contribution in [1.82, 2.24) is 10.2 Å². The van der Waals surface area contributed by atoms with E-state index in [9.17, 15) is 9.59 Å². The number of allylic oxidation sites excluding steroid dienone is 1. The van der Waals surface area contributed by atoms with Gasteiger partial charge in [-0.1, -0.05) is 24.3 Å². The first-order chi connectivity index (χ1) is 15.6. The molecule has 1 saturated heterocycles. The number of ether oxygens (including phenoxy) is 2. The number of thioether (sulfide) groups is 1. The summed E-state index contributed by atoms with van der Waals surface area (Å²) < 4.78 is 10.6. The predicted molar refractivity (Wildman–Crippen MR) is 127 cm³/mol. The van der Waals surface area contributed by atoms with E-state index in [1.165, 1.54) is 11.8 Å². The van der Waals surface area contributed by atoms with Gasteiger partial charge in [-0.05, 0) is 42.8 Å². The summed E-state index contributed by atoms with van der Waals surface area (Å²) in [5.74, 6) is 0.304. The van der Waals surface area contributed by atoms with Crippen LogP contribution in [-0.4, -0.2) is 74.2 Å². The zero-order valence-corrected chi connectivity index (χ0v) is 18.9. The van der Waals surface area contributed by atoms with Gasteiger partial charge < -0.3 is 14.8 Å². The predicted octanol–water partition coefficient (Wildman–Crippen LogP) is 2.45. The molecule has 2 aliphatic heterocycles. The summed E-state index contributed by atoms with van der Waals surface area (Å²) in [6.45, 7) is 5.01. The number of nitrogens with zero attached hydrogens (tertiary/aromatic N) is 2. The molecule has 0 radical (unpaired) electrons. The normalized spacial score (nSPS) is 22.2. The van der Waals surface area contributed by atoms with Crippen molar-refractivity contribution in [3.63, 3.8) is 0 Å². The molecule has 0 saturated carbocycles. The lowest BCUT2D eigenvalue weighted by Gasteiger charge is -2.26. The van der Waals surface area contributed by atoms with Crippen LogP contribution in [0.15, 0.2) is 58.0 Å². The van der Waals surface area contributed by atoms with Crippen LogP contribution >= 0.6 is 11.8 Å². The van der Waals surface area contributed by atoms with Crippen molar-refractivity contribution in [3.8, 4) is 5.75 Å². The summed E-state index contributed by atoms with van der Waals surface area (Å²) >= 11 is 1.44. The SMILES string of the molecule is COc1cccc(/C=C2/SC3C=CC(C(=O)NCCCN4CCOCC4)=CC3=NC2=O)c1. The van der Waals surface area contributed by atoms with Crippen molar-refractivity contribution in [1.29, 1.82) is 0 Å². The van der Waals surface area contributed by atoms with E-state index in [0.717, 1.165) is 50.6 Å². The minimum atomic E-state index is -0.291. The molecule has 1 atom stereocenters. The molecule has 1 aromatic rings. The smallest absolute Gasteiger partial charge is 0.283 e. The molecule has 1 fully saturated rings. The Balaban J connectivity index is 1.34. The lowest BCUT2D eigenvalue weighted by molar-refractivity contribution is -0.117. The average molecular weight is 454 g/mol. The Hall–Kier alpha value is -2.68. The van der Waals surface area contributed by atoms with E-state index in [1.54, 1.807) is 13.2 Å². The van der Waals surface area contributed by atoms with E-state index >= 15 is 0 Å². The van der Waals surface area contributed by atoms with Gasteiger partial charge in [-0.25, -0.2) is 4.99 Å². The van der Waals surface area contributed by atoms with Gasteiger partial charge in [0.25, 0.3) is 11.8 Å². The van der Waals surface area contributed by atoms with E-state index in [1.807, 2.05) is 42.5 Å². The summed E-state index contributed by atoms with van der Waals surface area (Å²) in [7, 11) is 1.61. The van der Waals surface area contributed by atoms with Crippen molar-refractivity contribution >= 4 is 35.4 Å². The summed E-state index contributed by atoms with van der Waals surface area (Å²) in [4.78, 5) is 32.3. The standard InChI is InChI=1S/C24H27N3O4S/c1-30-19-5-2-4-17(14-19)15-22-24(29)26-20-16-18(6-7-21(20)32-22)23(28)25-8-3-9-27-10-12-31-13-11-27/h2,4-7,14-16,21H,3,8-13H2,1H3,(H,25,28)/b22-15+. The van der Waals surface area contributed by atoms with Crippen LogP contribution in [0.1, 0.15) is 12.0 Å². The average Bonchev–Trinajstić information content (AvgIpc) is 2.82. The van der Waals surface area contributed by atoms with E-state index in [4.69, 9.17) is 9.47 Å². The van der Waals surface area contributed by atoms with Crippen molar-refractivity contribution in [2.24, 2.45) is 4.99 Å². The number of carbonyl (C=O) groups is 2. The Labute approximate surface area is 192 Å². The molecule has 1 unspecified atom stereocenters. The molecule has 1 N–H and O–H groups in total. The maximum absolute atomic E-state index is 12.6.